The Bertz CT molecular complexity index is 1470. The van der Waals surface area contributed by atoms with Crippen LogP contribution >= 0.6 is 31.9 Å². The van der Waals surface area contributed by atoms with Gasteiger partial charge in [-0.15, -0.1) is 0 Å². The van der Waals surface area contributed by atoms with Gasteiger partial charge in [0.1, 0.15) is 24.6 Å². The highest BCUT2D eigenvalue weighted by atomic mass is 79.9. The third kappa shape index (κ3) is 4.85. The Kier molecular flexibility index (Phi) is 7.73. The number of furan rings is 2. The van der Waals surface area contributed by atoms with Gasteiger partial charge in [-0.2, -0.15) is 0 Å². The molecule has 8 heteroatoms. The maximum absolute atomic E-state index is 14.0. The SMILES string of the molecule is O=C(O)[C@@]1(c2ccc(Br)cc2)[C@@H](c2ccc(Br)cc2)[N+](Cc2ccco2)=C(C2CCCCC2)N1Cc1ccco1. The molecule has 40 heavy (non-hydrogen) atoms. The van der Waals surface area contributed by atoms with Crippen LogP contribution in [0.2, 0.25) is 0 Å². The van der Waals surface area contributed by atoms with Crippen molar-refractivity contribution in [1.29, 1.82) is 0 Å². The van der Waals surface area contributed by atoms with Gasteiger partial charge in [-0.25, -0.2) is 14.3 Å². The second-order valence-corrected chi connectivity index (χ2v) is 12.4. The quantitative estimate of drug-likeness (QED) is 0.192. The molecule has 6 rings (SSSR count). The Morgan fingerprint density at radius 3 is 2.05 bits per heavy atom. The lowest BCUT2D eigenvalue weighted by atomic mass is 9.78. The van der Waals surface area contributed by atoms with Crippen LogP contribution in [0.5, 0.6) is 0 Å². The molecule has 1 saturated carbocycles. The standard InChI is InChI=1S/C32H30Br2N2O4/c33-25-14-10-22(11-15-25)29-32(31(37)38,24-12-16-26(34)17-13-24)36(21-28-9-5-19-40-28)30(23-6-2-1-3-7-23)35(29)20-27-8-4-18-39-27/h4-5,8-19,23,29H,1-3,6-7,20-21H2/p+1/t29-,32-/m1/s1. The summed E-state index contributed by atoms with van der Waals surface area (Å²) in [4.78, 5) is 16.1. The summed E-state index contributed by atoms with van der Waals surface area (Å²) in [6.45, 7) is 0.794. The number of carbonyl (C=O) groups is 1. The van der Waals surface area contributed by atoms with Crippen LogP contribution in [0.1, 0.15) is 60.8 Å². The molecule has 206 valence electrons. The summed E-state index contributed by atoms with van der Waals surface area (Å²) in [5.41, 5.74) is 0.217. The molecule has 1 N–H and O–H groups in total. The number of halogens is 2. The normalized spacial score (nSPS) is 21.8. The molecule has 0 bridgehead atoms. The summed E-state index contributed by atoms with van der Waals surface area (Å²) < 4.78 is 15.9. The Hall–Kier alpha value is -3.10. The monoisotopic (exact) mass is 665 g/mol. The van der Waals surface area contributed by atoms with Gasteiger partial charge in [-0.05, 0) is 61.4 Å². The van der Waals surface area contributed by atoms with Crippen LogP contribution in [-0.4, -0.2) is 26.4 Å². The lowest BCUT2D eigenvalue weighted by Gasteiger charge is -2.35. The van der Waals surface area contributed by atoms with Crippen molar-refractivity contribution in [3.05, 3.63) is 117 Å². The molecule has 0 unspecified atom stereocenters. The molecule has 2 atom stereocenters. The van der Waals surface area contributed by atoms with Crippen LogP contribution in [0, 0.1) is 5.92 Å². The average Bonchev–Trinajstić information content (AvgIpc) is 3.72. The number of carboxylic acid groups (broad SMARTS) is 1. The predicted molar refractivity (Wildman–Crippen MR) is 159 cm³/mol. The molecule has 0 saturated heterocycles. The number of hydrogen-bond donors (Lipinski definition) is 1. The zero-order chi connectivity index (χ0) is 27.7. The van der Waals surface area contributed by atoms with Crippen LogP contribution < -0.4 is 0 Å². The first-order chi connectivity index (χ1) is 19.5. The predicted octanol–water partition coefficient (Wildman–Crippen LogP) is 8.13. The van der Waals surface area contributed by atoms with E-state index >= 15 is 0 Å². The van der Waals surface area contributed by atoms with Crippen LogP contribution in [0.3, 0.4) is 0 Å². The van der Waals surface area contributed by atoms with E-state index in [0.29, 0.717) is 13.1 Å². The zero-order valence-electron chi connectivity index (χ0n) is 22.0. The molecule has 1 aliphatic heterocycles. The van der Waals surface area contributed by atoms with Gasteiger partial charge in [0.05, 0.1) is 18.4 Å². The van der Waals surface area contributed by atoms with Crippen molar-refractivity contribution in [1.82, 2.24) is 4.90 Å². The minimum Gasteiger partial charge on any atom is -0.477 e. The fourth-order valence-corrected chi connectivity index (χ4v) is 7.13. The fraction of sp³-hybridized carbons (Fsp3) is 0.312. The van der Waals surface area contributed by atoms with Crippen molar-refractivity contribution in [2.75, 3.05) is 0 Å². The molecule has 2 aromatic heterocycles. The summed E-state index contributed by atoms with van der Waals surface area (Å²) in [6.07, 6.45) is 8.81. The van der Waals surface area contributed by atoms with Gasteiger partial charge < -0.3 is 13.9 Å². The van der Waals surface area contributed by atoms with E-state index in [9.17, 15) is 9.90 Å². The summed E-state index contributed by atoms with van der Waals surface area (Å²) in [5.74, 6) is 1.89. The minimum absolute atomic E-state index is 0.216. The lowest BCUT2D eigenvalue weighted by Crippen LogP contribution is -2.54. The molecule has 0 radical (unpaired) electrons. The van der Waals surface area contributed by atoms with Crippen LogP contribution in [-0.2, 0) is 23.4 Å². The summed E-state index contributed by atoms with van der Waals surface area (Å²) >= 11 is 7.13. The van der Waals surface area contributed by atoms with E-state index in [1.54, 1.807) is 12.5 Å². The van der Waals surface area contributed by atoms with Crippen molar-refractivity contribution in [2.45, 2.75) is 56.8 Å². The summed E-state index contributed by atoms with van der Waals surface area (Å²) in [7, 11) is 0. The zero-order valence-corrected chi connectivity index (χ0v) is 25.2. The van der Waals surface area contributed by atoms with Gasteiger partial charge in [0, 0.05) is 20.1 Å². The molecule has 2 aromatic carbocycles. The van der Waals surface area contributed by atoms with E-state index in [1.165, 1.54) is 6.42 Å². The van der Waals surface area contributed by atoms with E-state index in [1.807, 2.05) is 72.8 Å². The van der Waals surface area contributed by atoms with Gasteiger partial charge in [0.25, 0.3) is 11.4 Å². The van der Waals surface area contributed by atoms with Gasteiger partial charge in [-0.1, -0.05) is 75.4 Å². The van der Waals surface area contributed by atoms with Crippen LogP contribution in [0.25, 0.3) is 0 Å². The van der Waals surface area contributed by atoms with Crippen LogP contribution in [0.15, 0.2) is 103 Å². The highest BCUT2D eigenvalue weighted by Crippen LogP contribution is 2.51. The van der Waals surface area contributed by atoms with Crippen molar-refractivity contribution < 1.29 is 23.3 Å². The summed E-state index contributed by atoms with van der Waals surface area (Å²) in [6, 6.07) is 22.9. The first-order valence-corrected chi connectivity index (χ1v) is 15.3. The van der Waals surface area contributed by atoms with Crippen molar-refractivity contribution >= 4 is 43.7 Å². The molecular formula is C32H31Br2N2O4+. The molecule has 4 aromatic rings. The van der Waals surface area contributed by atoms with E-state index in [-0.39, 0.29) is 5.92 Å². The van der Waals surface area contributed by atoms with Gasteiger partial charge in [0.15, 0.2) is 6.04 Å². The third-order valence-electron chi connectivity index (χ3n) is 8.27. The Labute approximate surface area is 250 Å². The van der Waals surface area contributed by atoms with E-state index in [4.69, 9.17) is 8.83 Å². The third-order valence-corrected chi connectivity index (χ3v) is 9.33. The smallest absolute Gasteiger partial charge is 0.362 e. The number of nitrogens with zero attached hydrogens (tertiary/aromatic N) is 2. The second-order valence-electron chi connectivity index (χ2n) is 10.6. The molecule has 0 spiro atoms. The Balaban J connectivity index is 1.67. The van der Waals surface area contributed by atoms with Gasteiger partial charge in [0.2, 0.25) is 0 Å². The number of benzene rings is 2. The maximum atomic E-state index is 14.0. The summed E-state index contributed by atoms with van der Waals surface area (Å²) in [5, 5.41) is 11.5. The second kappa shape index (κ2) is 11.4. The van der Waals surface area contributed by atoms with Crippen LogP contribution in [0.4, 0.5) is 0 Å². The van der Waals surface area contributed by atoms with Crippen molar-refractivity contribution in [2.24, 2.45) is 5.92 Å². The molecular weight excluding hydrogens is 636 g/mol. The number of carboxylic acids is 1. The Morgan fingerprint density at radius 1 is 0.875 bits per heavy atom. The Morgan fingerprint density at radius 2 is 1.48 bits per heavy atom. The highest BCUT2D eigenvalue weighted by Gasteiger charge is 2.68. The topological polar surface area (TPSA) is 69.8 Å². The van der Waals surface area contributed by atoms with Crippen molar-refractivity contribution in [3.63, 3.8) is 0 Å². The van der Waals surface area contributed by atoms with Gasteiger partial charge >= 0.3 is 5.97 Å². The fourth-order valence-electron chi connectivity index (χ4n) is 6.60. The number of rotatable bonds is 8. The molecule has 2 aliphatic rings. The largest absolute Gasteiger partial charge is 0.477 e. The van der Waals surface area contributed by atoms with Gasteiger partial charge in [-0.3, -0.25) is 0 Å². The van der Waals surface area contributed by atoms with E-state index in [0.717, 1.165) is 63.1 Å². The first kappa shape index (κ1) is 27.1. The molecule has 0 amide bonds. The number of aliphatic carboxylic acids is 1. The highest BCUT2D eigenvalue weighted by molar-refractivity contribution is 9.10. The maximum Gasteiger partial charge on any atom is 0.362 e. The van der Waals surface area contributed by atoms with E-state index in [2.05, 4.69) is 41.3 Å². The average molecular weight is 667 g/mol. The lowest BCUT2D eigenvalue weighted by molar-refractivity contribution is -0.590. The minimum atomic E-state index is -1.43. The molecule has 3 heterocycles. The number of hydrogen-bond acceptors (Lipinski definition) is 4. The first-order valence-electron chi connectivity index (χ1n) is 13.7. The molecule has 1 fully saturated rings. The molecule has 6 nitrogen and oxygen atoms in total. The van der Waals surface area contributed by atoms with Crippen molar-refractivity contribution in [3.8, 4) is 0 Å². The molecule has 1 aliphatic carbocycles. The number of amidine groups is 1. The van der Waals surface area contributed by atoms with E-state index < -0.39 is 17.6 Å².